The van der Waals surface area contributed by atoms with E-state index in [-0.39, 0.29) is 5.91 Å². The maximum atomic E-state index is 13.4. The zero-order chi connectivity index (χ0) is 24.4. The second kappa shape index (κ2) is 10.1. The molecule has 2 aromatic carbocycles. The van der Waals surface area contributed by atoms with Crippen molar-refractivity contribution >= 4 is 23.2 Å². The van der Waals surface area contributed by atoms with Gasteiger partial charge in [0, 0.05) is 44.9 Å². The summed E-state index contributed by atoms with van der Waals surface area (Å²) in [6.45, 7) is 5.96. The van der Waals surface area contributed by atoms with Crippen molar-refractivity contribution in [3.8, 4) is 11.1 Å². The van der Waals surface area contributed by atoms with E-state index in [1.54, 1.807) is 11.6 Å². The number of carbonyl (C=O) groups is 1. The van der Waals surface area contributed by atoms with Gasteiger partial charge in [-0.3, -0.25) is 9.69 Å². The van der Waals surface area contributed by atoms with Crippen LogP contribution in [0.25, 0.3) is 16.8 Å². The molecule has 0 radical (unpaired) electrons. The zero-order valence-corrected chi connectivity index (χ0v) is 20.6. The molecule has 0 bridgehead atoms. The minimum absolute atomic E-state index is 0.121. The number of halogens is 1. The molecule has 35 heavy (non-hydrogen) atoms. The van der Waals surface area contributed by atoms with Crippen molar-refractivity contribution in [2.45, 2.75) is 20.1 Å². The highest BCUT2D eigenvalue weighted by Crippen LogP contribution is 2.30. The largest absolute Gasteiger partial charge is 0.378 e. The molecule has 0 atom stereocenters. The maximum Gasteiger partial charge on any atom is 0.276 e. The summed E-state index contributed by atoms with van der Waals surface area (Å²) in [6.07, 6.45) is 0. The number of amides is 1. The molecule has 1 amide bonds. The molecule has 4 aromatic rings. The molecule has 5 rings (SSSR count). The predicted molar refractivity (Wildman–Crippen MR) is 134 cm³/mol. The number of benzene rings is 2. The Morgan fingerprint density at radius 1 is 1.03 bits per heavy atom. The quantitative estimate of drug-likeness (QED) is 0.408. The third-order valence-corrected chi connectivity index (χ3v) is 6.58. The summed E-state index contributed by atoms with van der Waals surface area (Å²) in [5, 5.41) is 14.1. The molecule has 1 aliphatic heterocycles. The molecular formula is C26H27ClN6O2. The highest BCUT2D eigenvalue weighted by molar-refractivity contribution is 6.30. The summed E-state index contributed by atoms with van der Waals surface area (Å²) in [7, 11) is 1.62. The number of nitrogens with zero attached hydrogens (tertiary/aromatic N) is 6. The van der Waals surface area contributed by atoms with Gasteiger partial charge in [0.25, 0.3) is 5.91 Å². The van der Waals surface area contributed by atoms with Crippen LogP contribution in [0.3, 0.4) is 0 Å². The third-order valence-electron chi connectivity index (χ3n) is 6.34. The topological polar surface area (TPSA) is 75.9 Å². The summed E-state index contributed by atoms with van der Waals surface area (Å²) in [4.78, 5) is 17.6. The lowest BCUT2D eigenvalue weighted by Crippen LogP contribution is -2.48. The molecule has 0 N–H and O–H groups in total. The van der Waals surface area contributed by atoms with Crippen molar-refractivity contribution < 1.29 is 9.53 Å². The first-order valence-corrected chi connectivity index (χ1v) is 12.0. The monoisotopic (exact) mass is 490 g/mol. The summed E-state index contributed by atoms with van der Waals surface area (Å²) < 4.78 is 7.07. The van der Waals surface area contributed by atoms with E-state index in [1.165, 1.54) is 5.56 Å². The van der Waals surface area contributed by atoms with Gasteiger partial charge >= 0.3 is 0 Å². The molecule has 0 saturated carbocycles. The van der Waals surface area contributed by atoms with Crippen molar-refractivity contribution in [1.29, 1.82) is 0 Å². The van der Waals surface area contributed by atoms with Gasteiger partial charge in [-0.25, -0.2) is 4.52 Å². The van der Waals surface area contributed by atoms with Crippen LogP contribution >= 0.6 is 11.6 Å². The second-order valence-corrected chi connectivity index (χ2v) is 9.12. The van der Waals surface area contributed by atoms with Crippen LogP contribution in [-0.2, 0) is 17.9 Å². The lowest BCUT2D eigenvalue weighted by atomic mass is 10.1. The first kappa shape index (κ1) is 23.4. The Morgan fingerprint density at radius 3 is 2.51 bits per heavy atom. The van der Waals surface area contributed by atoms with Crippen LogP contribution in [0.4, 0.5) is 0 Å². The molecule has 0 spiro atoms. The average molecular weight is 491 g/mol. The Morgan fingerprint density at radius 2 is 1.80 bits per heavy atom. The van der Waals surface area contributed by atoms with Gasteiger partial charge in [-0.05, 0) is 30.2 Å². The highest BCUT2D eigenvalue weighted by atomic mass is 35.5. The van der Waals surface area contributed by atoms with Gasteiger partial charge in [0.15, 0.2) is 11.3 Å². The number of methoxy groups -OCH3 is 1. The van der Waals surface area contributed by atoms with Gasteiger partial charge in [0.2, 0.25) is 0 Å². The number of rotatable bonds is 6. The van der Waals surface area contributed by atoms with E-state index in [2.05, 4.69) is 39.4 Å². The molecule has 1 fully saturated rings. The number of aromatic nitrogens is 4. The van der Waals surface area contributed by atoms with Gasteiger partial charge in [0.1, 0.15) is 0 Å². The molecule has 0 unspecified atom stereocenters. The van der Waals surface area contributed by atoms with Crippen molar-refractivity contribution in [2.75, 3.05) is 33.3 Å². The van der Waals surface area contributed by atoms with Crippen LogP contribution < -0.4 is 0 Å². The summed E-state index contributed by atoms with van der Waals surface area (Å²) in [6, 6.07) is 17.9. The molecule has 9 heteroatoms. The van der Waals surface area contributed by atoms with Crippen molar-refractivity contribution in [3.63, 3.8) is 0 Å². The Balaban J connectivity index is 1.39. The lowest BCUT2D eigenvalue weighted by Gasteiger charge is -2.34. The van der Waals surface area contributed by atoms with E-state index in [0.717, 1.165) is 30.8 Å². The summed E-state index contributed by atoms with van der Waals surface area (Å²) in [5.41, 5.74) is 5.21. The molecule has 2 aromatic heterocycles. The SMILES string of the molecule is COCc1nn2c(C)c(C(=O)N3CCN(Cc4ccccc4)CC3)nnc2c1-c1cccc(Cl)c1. The fourth-order valence-electron chi connectivity index (χ4n) is 4.52. The Hall–Kier alpha value is -3.33. The smallest absolute Gasteiger partial charge is 0.276 e. The van der Waals surface area contributed by atoms with Crippen LogP contribution in [-0.4, -0.2) is 68.8 Å². The predicted octanol–water partition coefficient (Wildman–Crippen LogP) is 3.86. The zero-order valence-electron chi connectivity index (χ0n) is 19.8. The standard InChI is InChI=1S/C26H27ClN6O2/c1-18-24(26(34)32-13-11-31(12-14-32)16-19-7-4-3-5-8-19)28-29-25-23(20-9-6-10-21(27)15-20)22(17-35-2)30-33(18)25/h3-10,15H,11-14,16-17H2,1-2H3. The van der Waals surface area contributed by atoms with Crippen LogP contribution in [0.2, 0.25) is 5.02 Å². The minimum atomic E-state index is -0.121. The number of hydrogen-bond acceptors (Lipinski definition) is 6. The highest BCUT2D eigenvalue weighted by Gasteiger charge is 2.27. The number of ether oxygens (including phenoxy) is 1. The fraction of sp³-hybridized carbons (Fsp3) is 0.308. The number of fused-ring (bicyclic) bond motifs is 1. The molecule has 8 nitrogen and oxygen atoms in total. The van der Waals surface area contributed by atoms with E-state index in [4.69, 9.17) is 21.4 Å². The Bertz CT molecular complexity index is 1350. The van der Waals surface area contributed by atoms with Gasteiger partial charge < -0.3 is 9.64 Å². The minimum Gasteiger partial charge on any atom is -0.378 e. The molecule has 1 saturated heterocycles. The third kappa shape index (κ3) is 4.77. The van der Waals surface area contributed by atoms with Crippen LogP contribution in [0, 0.1) is 6.92 Å². The molecule has 3 heterocycles. The average Bonchev–Trinajstić information content (AvgIpc) is 3.24. The molecule has 0 aliphatic carbocycles. The van der Waals surface area contributed by atoms with Gasteiger partial charge in [-0.15, -0.1) is 10.2 Å². The fourth-order valence-corrected chi connectivity index (χ4v) is 4.72. The summed E-state index contributed by atoms with van der Waals surface area (Å²) in [5.74, 6) is -0.121. The Labute approximate surface area is 209 Å². The van der Waals surface area contributed by atoms with E-state index in [1.807, 2.05) is 42.2 Å². The van der Waals surface area contributed by atoms with Gasteiger partial charge in [0.05, 0.1) is 23.6 Å². The molecule has 180 valence electrons. The number of carbonyl (C=O) groups excluding carboxylic acids is 1. The van der Waals surface area contributed by atoms with Gasteiger partial charge in [-0.2, -0.15) is 5.10 Å². The number of aryl methyl sites for hydroxylation is 1. The van der Waals surface area contributed by atoms with Crippen LogP contribution in [0.5, 0.6) is 0 Å². The van der Waals surface area contributed by atoms with Gasteiger partial charge in [-0.1, -0.05) is 54.1 Å². The number of hydrogen-bond donors (Lipinski definition) is 0. The molecular weight excluding hydrogens is 464 g/mol. The molecule has 1 aliphatic rings. The van der Waals surface area contributed by atoms with E-state index in [9.17, 15) is 4.79 Å². The van der Waals surface area contributed by atoms with Crippen molar-refractivity contribution in [3.05, 3.63) is 82.3 Å². The van der Waals surface area contributed by atoms with Crippen LogP contribution in [0.15, 0.2) is 54.6 Å². The number of piperazine rings is 1. The normalized spacial score (nSPS) is 14.5. The first-order valence-electron chi connectivity index (χ1n) is 11.6. The van der Waals surface area contributed by atoms with E-state index >= 15 is 0 Å². The van der Waals surface area contributed by atoms with Crippen molar-refractivity contribution in [2.24, 2.45) is 0 Å². The van der Waals surface area contributed by atoms with Crippen molar-refractivity contribution in [1.82, 2.24) is 29.6 Å². The summed E-state index contributed by atoms with van der Waals surface area (Å²) >= 11 is 6.23. The maximum absolute atomic E-state index is 13.4. The second-order valence-electron chi connectivity index (χ2n) is 8.69. The first-order chi connectivity index (χ1) is 17.0. The van der Waals surface area contributed by atoms with E-state index < -0.39 is 0 Å². The van der Waals surface area contributed by atoms with E-state index in [0.29, 0.717) is 47.4 Å². The van der Waals surface area contributed by atoms with Crippen LogP contribution in [0.1, 0.15) is 27.4 Å². The lowest BCUT2D eigenvalue weighted by molar-refractivity contribution is 0.0620. The Kier molecular flexibility index (Phi) is 6.77.